The van der Waals surface area contributed by atoms with Crippen LogP contribution >= 0.6 is 0 Å². The number of carbonyl (C=O) groups excluding carboxylic acids is 2. The van der Waals surface area contributed by atoms with Gasteiger partial charge in [-0.2, -0.15) is 0 Å². The van der Waals surface area contributed by atoms with E-state index in [0.717, 1.165) is 51.7 Å². The van der Waals surface area contributed by atoms with Crippen molar-refractivity contribution in [3.63, 3.8) is 0 Å². The highest BCUT2D eigenvalue weighted by atomic mass is 16.6. The predicted octanol–water partition coefficient (Wildman–Crippen LogP) is 2.00. The Balaban J connectivity index is 1.16. The van der Waals surface area contributed by atoms with Crippen LogP contribution in [0.1, 0.15) is 51.4 Å². The molecule has 0 N–H and O–H groups in total. The average Bonchev–Trinajstić information content (AvgIpc) is 3.53. The first-order valence-electron chi connectivity index (χ1n) is 10.4. The summed E-state index contributed by atoms with van der Waals surface area (Å²) < 4.78 is 26.8. The lowest BCUT2D eigenvalue weighted by molar-refractivity contribution is -0.162. The van der Waals surface area contributed by atoms with Gasteiger partial charge in [0.15, 0.2) is 0 Å². The van der Waals surface area contributed by atoms with Crippen molar-refractivity contribution in [2.45, 2.75) is 75.8 Å². The highest BCUT2D eigenvalue weighted by Gasteiger charge is 2.53. The molecule has 0 bridgehead atoms. The molecule has 152 valence electrons. The molecule has 7 nitrogen and oxygen atoms in total. The first kappa shape index (κ1) is 19.2. The minimum Gasteiger partial charge on any atom is -0.465 e. The minimum absolute atomic E-state index is 0.108. The fourth-order valence-electron chi connectivity index (χ4n) is 3.92. The summed E-state index contributed by atoms with van der Waals surface area (Å²) in [5.41, 5.74) is 0. The van der Waals surface area contributed by atoms with Crippen LogP contribution in [0.25, 0.3) is 0 Å². The minimum atomic E-state index is -0.437. The zero-order chi connectivity index (χ0) is 18.6. The quantitative estimate of drug-likeness (QED) is 0.290. The van der Waals surface area contributed by atoms with Crippen LogP contribution < -0.4 is 0 Å². The Bertz CT molecular complexity index is 482. The van der Waals surface area contributed by atoms with Gasteiger partial charge >= 0.3 is 11.9 Å². The molecule has 27 heavy (non-hydrogen) atoms. The summed E-state index contributed by atoms with van der Waals surface area (Å²) in [6.07, 6.45) is 7.90. The lowest BCUT2D eigenvalue weighted by atomic mass is 9.79. The standard InChI is InChI=1S/C20H30O7/c21-19(23-7-3-1-5-13-11-25-13)15-9-17-18(27-17)10-16(15)20(22)24-8-4-2-6-14-12-26-14/h13-18H,1-12H2. The highest BCUT2D eigenvalue weighted by Crippen LogP contribution is 2.43. The largest absolute Gasteiger partial charge is 0.465 e. The smallest absolute Gasteiger partial charge is 0.309 e. The molecule has 1 aliphatic carbocycles. The Kier molecular flexibility index (Phi) is 6.30. The molecule has 3 aliphatic heterocycles. The molecule has 1 saturated carbocycles. The summed E-state index contributed by atoms with van der Waals surface area (Å²) in [5.74, 6) is -1.43. The lowest BCUT2D eigenvalue weighted by Crippen LogP contribution is -2.37. The lowest BCUT2D eigenvalue weighted by Gasteiger charge is -2.26. The SMILES string of the molecule is O=C(OCCCCC1CO1)C1CC2OC2CC1C(=O)OCCCCC1CO1. The molecule has 7 heteroatoms. The van der Waals surface area contributed by atoms with Crippen molar-refractivity contribution in [1.29, 1.82) is 0 Å². The number of esters is 2. The van der Waals surface area contributed by atoms with E-state index in [1.165, 1.54) is 0 Å². The molecule has 0 aromatic carbocycles. The van der Waals surface area contributed by atoms with Crippen LogP contribution in [0.3, 0.4) is 0 Å². The number of unbranched alkanes of at least 4 members (excludes halogenated alkanes) is 2. The van der Waals surface area contributed by atoms with Crippen LogP contribution in [0.4, 0.5) is 0 Å². The monoisotopic (exact) mass is 382 g/mol. The van der Waals surface area contributed by atoms with Gasteiger partial charge in [-0.15, -0.1) is 0 Å². The van der Waals surface area contributed by atoms with E-state index in [9.17, 15) is 9.59 Å². The third-order valence-electron chi connectivity index (χ3n) is 5.89. The Morgan fingerprint density at radius 1 is 0.741 bits per heavy atom. The Hall–Kier alpha value is -1.18. The van der Waals surface area contributed by atoms with E-state index in [-0.39, 0.29) is 24.1 Å². The van der Waals surface area contributed by atoms with Crippen LogP contribution in [-0.4, -0.2) is 62.8 Å². The number of rotatable bonds is 12. The summed E-state index contributed by atoms with van der Waals surface area (Å²) in [4.78, 5) is 25.0. The van der Waals surface area contributed by atoms with Crippen LogP contribution in [0.5, 0.6) is 0 Å². The van der Waals surface area contributed by atoms with Crippen LogP contribution in [-0.2, 0) is 33.3 Å². The van der Waals surface area contributed by atoms with Crippen molar-refractivity contribution < 1.29 is 33.3 Å². The maximum atomic E-state index is 12.5. The maximum Gasteiger partial charge on any atom is 0.309 e. The van der Waals surface area contributed by atoms with Crippen molar-refractivity contribution >= 4 is 11.9 Å². The Morgan fingerprint density at radius 3 is 1.59 bits per heavy atom. The molecule has 4 rings (SSSR count). The molecule has 4 fully saturated rings. The summed E-state index contributed by atoms with van der Waals surface area (Å²) in [7, 11) is 0. The van der Waals surface area contributed by atoms with Gasteiger partial charge in [-0.1, -0.05) is 0 Å². The summed E-state index contributed by atoms with van der Waals surface area (Å²) in [6.45, 7) is 2.54. The molecule has 0 amide bonds. The zero-order valence-electron chi connectivity index (χ0n) is 15.8. The molecular weight excluding hydrogens is 352 g/mol. The number of ether oxygens (including phenoxy) is 5. The van der Waals surface area contributed by atoms with Crippen LogP contribution in [0, 0.1) is 11.8 Å². The first-order valence-corrected chi connectivity index (χ1v) is 10.4. The van der Waals surface area contributed by atoms with Gasteiger partial charge in [-0.3, -0.25) is 9.59 Å². The van der Waals surface area contributed by atoms with Gasteiger partial charge in [0.05, 0.1) is 62.7 Å². The predicted molar refractivity (Wildman–Crippen MR) is 94.0 cm³/mol. The Labute approximate surface area is 160 Å². The molecule has 3 saturated heterocycles. The third-order valence-corrected chi connectivity index (χ3v) is 5.89. The maximum absolute atomic E-state index is 12.5. The second kappa shape index (κ2) is 8.88. The first-order chi connectivity index (χ1) is 13.2. The molecule has 6 atom stereocenters. The van der Waals surface area contributed by atoms with Crippen molar-refractivity contribution in [3.8, 4) is 0 Å². The number of epoxide rings is 3. The zero-order valence-corrected chi connectivity index (χ0v) is 15.8. The van der Waals surface area contributed by atoms with E-state index in [2.05, 4.69) is 0 Å². The van der Waals surface area contributed by atoms with Gasteiger partial charge in [0.2, 0.25) is 0 Å². The number of carbonyl (C=O) groups is 2. The van der Waals surface area contributed by atoms with E-state index in [4.69, 9.17) is 23.7 Å². The van der Waals surface area contributed by atoms with Gasteiger partial charge in [0.25, 0.3) is 0 Å². The molecule has 4 aliphatic rings. The van der Waals surface area contributed by atoms with E-state index >= 15 is 0 Å². The summed E-state index contributed by atoms with van der Waals surface area (Å²) >= 11 is 0. The van der Waals surface area contributed by atoms with Crippen molar-refractivity contribution in [1.82, 2.24) is 0 Å². The molecular formula is C20H30O7. The molecule has 0 aromatic heterocycles. The van der Waals surface area contributed by atoms with Crippen molar-refractivity contribution in [3.05, 3.63) is 0 Å². The highest BCUT2D eigenvalue weighted by molar-refractivity contribution is 5.82. The number of hydrogen-bond acceptors (Lipinski definition) is 7. The average molecular weight is 382 g/mol. The second-order valence-corrected chi connectivity index (χ2v) is 8.13. The molecule has 3 heterocycles. The van der Waals surface area contributed by atoms with E-state index in [1.54, 1.807) is 0 Å². The second-order valence-electron chi connectivity index (χ2n) is 8.13. The van der Waals surface area contributed by atoms with Gasteiger partial charge in [0.1, 0.15) is 0 Å². The fourth-order valence-corrected chi connectivity index (χ4v) is 3.92. The van der Waals surface area contributed by atoms with E-state index < -0.39 is 11.8 Å². The van der Waals surface area contributed by atoms with Gasteiger partial charge in [0, 0.05) is 0 Å². The van der Waals surface area contributed by atoms with E-state index in [1.807, 2.05) is 0 Å². The van der Waals surface area contributed by atoms with Crippen LogP contribution in [0.15, 0.2) is 0 Å². The van der Waals surface area contributed by atoms with E-state index in [0.29, 0.717) is 38.3 Å². The molecule has 6 unspecified atom stereocenters. The van der Waals surface area contributed by atoms with Gasteiger partial charge < -0.3 is 23.7 Å². The van der Waals surface area contributed by atoms with Crippen molar-refractivity contribution in [2.75, 3.05) is 26.4 Å². The molecule has 0 aromatic rings. The van der Waals surface area contributed by atoms with Crippen molar-refractivity contribution in [2.24, 2.45) is 11.8 Å². The number of fused-ring (bicyclic) bond motifs is 1. The van der Waals surface area contributed by atoms with Crippen LogP contribution in [0.2, 0.25) is 0 Å². The molecule has 0 radical (unpaired) electrons. The Morgan fingerprint density at radius 2 is 1.19 bits per heavy atom. The third kappa shape index (κ3) is 5.90. The van der Waals surface area contributed by atoms with Gasteiger partial charge in [-0.25, -0.2) is 0 Å². The number of hydrogen-bond donors (Lipinski definition) is 0. The van der Waals surface area contributed by atoms with Gasteiger partial charge in [-0.05, 0) is 51.4 Å². The molecule has 0 spiro atoms. The topological polar surface area (TPSA) is 90.2 Å². The normalized spacial score (nSPS) is 35.9. The summed E-state index contributed by atoms with van der Waals surface area (Å²) in [5, 5.41) is 0. The summed E-state index contributed by atoms with van der Waals surface area (Å²) in [6, 6.07) is 0. The fraction of sp³-hybridized carbons (Fsp3) is 0.900.